The van der Waals surface area contributed by atoms with Gasteiger partial charge in [-0.3, -0.25) is 4.79 Å². The number of carbonyl (C=O) groups excluding carboxylic acids is 1. The lowest BCUT2D eigenvalue weighted by Crippen LogP contribution is -2.55. The van der Waals surface area contributed by atoms with Gasteiger partial charge in [-0.15, -0.1) is 0 Å². The summed E-state index contributed by atoms with van der Waals surface area (Å²) in [6.07, 6.45) is 16.8. The van der Waals surface area contributed by atoms with Gasteiger partial charge in [0.15, 0.2) is 5.78 Å². The van der Waals surface area contributed by atoms with E-state index in [2.05, 4.69) is 74.5 Å². The summed E-state index contributed by atoms with van der Waals surface area (Å²) in [5, 5.41) is 11.7. The van der Waals surface area contributed by atoms with E-state index >= 15 is 0 Å². The Balaban J connectivity index is 1.87. The first-order chi connectivity index (χ1) is 18.8. The standard InChI is InChI=1S/C36H52O4/c1-22(2)14-13-20-35(8)21-19-27-31(37)29-32(38)30(25(7)26-15-11-10-12-16-26)36(9,24(5)6)40-34(29)28(33(27)39-35)18-17-23(3)4/h14,17,19,21,24-26,30,37H,10-13,15-16,18,20H2,1-9H3. The van der Waals surface area contributed by atoms with Crippen LogP contribution in [0.2, 0.25) is 0 Å². The van der Waals surface area contributed by atoms with Crippen LogP contribution in [0, 0.1) is 23.7 Å². The zero-order valence-corrected chi connectivity index (χ0v) is 26.4. The molecular formula is C36H52O4. The molecule has 0 spiro atoms. The van der Waals surface area contributed by atoms with Crippen LogP contribution in [0.3, 0.4) is 0 Å². The molecule has 40 heavy (non-hydrogen) atoms. The maximum absolute atomic E-state index is 14.6. The summed E-state index contributed by atoms with van der Waals surface area (Å²) in [6, 6.07) is 0. The second kappa shape index (κ2) is 11.8. The molecule has 4 nitrogen and oxygen atoms in total. The van der Waals surface area contributed by atoms with Crippen molar-refractivity contribution < 1.29 is 19.4 Å². The van der Waals surface area contributed by atoms with Crippen LogP contribution < -0.4 is 9.47 Å². The zero-order valence-electron chi connectivity index (χ0n) is 26.4. The third-order valence-electron chi connectivity index (χ3n) is 9.89. The Hall–Kier alpha value is -2.49. The minimum absolute atomic E-state index is 0.00481. The van der Waals surface area contributed by atoms with Gasteiger partial charge in [-0.2, -0.15) is 0 Å². The van der Waals surface area contributed by atoms with Crippen LogP contribution >= 0.6 is 0 Å². The minimum Gasteiger partial charge on any atom is -0.506 e. The van der Waals surface area contributed by atoms with E-state index in [1.807, 2.05) is 12.2 Å². The average Bonchev–Trinajstić information content (AvgIpc) is 2.88. The van der Waals surface area contributed by atoms with Crippen molar-refractivity contribution in [1.29, 1.82) is 0 Å². The smallest absolute Gasteiger partial charge is 0.177 e. The number of ether oxygens (including phenoxy) is 2. The van der Waals surface area contributed by atoms with Crippen molar-refractivity contribution in [3.8, 4) is 17.2 Å². The van der Waals surface area contributed by atoms with Crippen molar-refractivity contribution in [2.24, 2.45) is 23.7 Å². The molecule has 1 N–H and O–H groups in total. The fourth-order valence-corrected chi connectivity index (χ4v) is 7.05. The van der Waals surface area contributed by atoms with E-state index in [4.69, 9.17) is 9.47 Å². The van der Waals surface area contributed by atoms with Gasteiger partial charge in [0, 0.05) is 5.56 Å². The Morgan fingerprint density at radius 1 is 1.00 bits per heavy atom. The van der Waals surface area contributed by atoms with Gasteiger partial charge in [0.2, 0.25) is 0 Å². The highest BCUT2D eigenvalue weighted by Crippen LogP contribution is 2.55. The third-order valence-corrected chi connectivity index (χ3v) is 9.89. The van der Waals surface area contributed by atoms with Crippen molar-refractivity contribution in [1.82, 2.24) is 0 Å². The first kappa shape index (κ1) is 30.5. The second-order valence-corrected chi connectivity index (χ2v) is 13.9. The maximum Gasteiger partial charge on any atom is 0.177 e. The molecule has 0 bridgehead atoms. The third kappa shape index (κ3) is 5.78. The highest BCUT2D eigenvalue weighted by molar-refractivity contribution is 6.07. The molecule has 0 radical (unpaired) electrons. The molecule has 4 rings (SSSR count). The summed E-state index contributed by atoms with van der Waals surface area (Å²) in [6.45, 7) is 19.2. The van der Waals surface area contributed by atoms with Gasteiger partial charge in [0.25, 0.3) is 0 Å². The zero-order chi connectivity index (χ0) is 29.4. The Labute approximate surface area is 242 Å². The molecule has 0 saturated heterocycles. The van der Waals surface area contributed by atoms with Crippen LogP contribution in [0.25, 0.3) is 6.08 Å². The van der Waals surface area contributed by atoms with Gasteiger partial charge in [-0.05, 0) is 90.7 Å². The summed E-state index contributed by atoms with van der Waals surface area (Å²) in [5.41, 5.74) is 3.09. The molecule has 1 fully saturated rings. The average molecular weight is 549 g/mol. The van der Waals surface area contributed by atoms with Crippen molar-refractivity contribution in [3.63, 3.8) is 0 Å². The Kier molecular flexibility index (Phi) is 8.97. The largest absolute Gasteiger partial charge is 0.506 e. The predicted octanol–water partition coefficient (Wildman–Crippen LogP) is 9.63. The van der Waals surface area contributed by atoms with E-state index < -0.39 is 11.2 Å². The molecule has 3 aliphatic rings. The lowest BCUT2D eigenvalue weighted by atomic mass is 9.63. The number of hydrogen-bond acceptors (Lipinski definition) is 4. The molecule has 4 unspecified atom stereocenters. The molecule has 4 heteroatoms. The summed E-state index contributed by atoms with van der Waals surface area (Å²) in [7, 11) is 0. The van der Waals surface area contributed by atoms with Crippen molar-refractivity contribution in [2.45, 2.75) is 125 Å². The molecule has 1 aromatic rings. The van der Waals surface area contributed by atoms with E-state index in [9.17, 15) is 9.90 Å². The predicted molar refractivity (Wildman–Crippen MR) is 165 cm³/mol. The molecule has 0 aromatic heterocycles. The number of phenols is 1. The van der Waals surface area contributed by atoms with E-state index in [1.54, 1.807) is 0 Å². The molecule has 220 valence electrons. The van der Waals surface area contributed by atoms with E-state index in [1.165, 1.54) is 30.4 Å². The van der Waals surface area contributed by atoms with Gasteiger partial charge in [-0.25, -0.2) is 0 Å². The number of phenolic OH excluding ortho intramolecular Hbond substituents is 1. The van der Waals surface area contributed by atoms with Gasteiger partial charge >= 0.3 is 0 Å². The fourth-order valence-electron chi connectivity index (χ4n) is 7.05. The minimum atomic E-state index is -0.682. The lowest BCUT2D eigenvalue weighted by molar-refractivity contribution is -0.0482. The highest BCUT2D eigenvalue weighted by Gasteiger charge is 2.54. The van der Waals surface area contributed by atoms with Crippen LogP contribution in [0.5, 0.6) is 17.2 Å². The van der Waals surface area contributed by atoms with Crippen LogP contribution in [0.4, 0.5) is 0 Å². The Morgan fingerprint density at radius 2 is 1.65 bits per heavy atom. The van der Waals surface area contributed by atoms with Crippen LogP contribution in [0.15, 0.2) is 29.4 Å². The Morgan fingerprint density at radius 3 is 2.25 bits per heavy atom. The molecule has 0 amide bonds. The molecule has 4 atom stereocenters. The number of benzene rings is 1. The number of carbonyl (C=O) groups is 1. The number of Topliss-reactive ketones (excluding diaryl/α,β-unsaturated/α-hetero) is 1. The molecular weight excluding hydrogens is 496 g/mol. The van der Waals surface area contributed by atoms with E-state index in [0.29, 0.717) is 35.0 Å². The molecule has 1 aromatic carbocycles. The topological polar surface area (TPSA) is 55.8 Å². The van der Waals surface area contributed by atoms with Crippen LogP contribution in [0.1, 0.15) is 129 Å². The van der Waals surface area contributed by atoms with Crippen molar-refractivity contribution in [3.05, 3.63) is 46.1 Å². The highest BCUT2D eigenvalue weighted by atomic mass is 16.5. The lowest BCUT2D eigenvalue weighted by Gasteiger charge is -2.49. The number of fused-ring (bicyclic) bond motifs is 2. The Bertz CT molecular complexity index is 1200. The molecule has 2 aliphatic heterocycles. The summed E-state index contributed by atoms with van der Waals surface area (Å²) in [4.78, 5) is 14.6. The second-order valence-electron chi connectivity index (χ2n) is 13.9. The number of aromatic hydroxyl groups is 1. The van der Waals surface area contributed by atoms with E-state index in [-0.39, 0.29) is 29.3 Å². The summed E-state index contributed by atoms with van der Waals surface area (Å²) < 4.78 is 13.8. The van der Waals surface area contributed by atoms with Crippen molar-refractivity contribution in [2.75, 3.05) is 0 Å². The van der Waals surface area contributed by atoms with Crippen molar-refractivity contribution >= 4 is 11.9 Å². The molecule has 1 saturated carbocycles. The fraction of sp³-hybridized carbons (Fsp3) is 0.639. The number of allylic oxidation sites excluding steroid dienone is 4. The van der Waals surface area contributed by atoms with Crippen LogP contribution in [-0.2, 0) is 6.42 Å². The summed E-state index contributed by atoms with van der Waals surface area (Å²) in [5.74, 6) is 1.68. The normalized spacial score (nSPS) is 26.9. The van der Waals surface area contributed by atoms with Crippen LogP contribution in [-0.4, -0.2) is 22.1 Å². The monoisotopic (exact) mass is 548 g/mol. The van der Waals surface area contributed by atoms with Gasteiger partial charge in [0.05, 0.1) is 11.5 Å². The number of rotatable bonds is 8. The number of ketones is 1. The quantitative estimate of drug-likeness (QED) is 0.329. The SMILES string of the molecule is CC(C)=CCCC1(C)C=Cc2c(O)c3c(c(CC=C(C)C)c2O1)OC(C)(C(C)C)C(C(C)C1CCCCC1)C3=O. The van der Waals surface area contributed by atoms with Gasteiger partial charge in [0.1, 0.15) is 34.0 Å². The molecule has 1 aliphatic carbocycles. The van der Waals surface area contributed by atoms with E-state index in [0.717, 1.165) is 31.2 Å². The molecule has 2 heterocycles. The first-order valence-electron chi connectivity index (χ1n) is 15.6. The summed E-state index contributed by atoms with van der Waals surface area (Å²) >= 11 is 0. The van der Waals surface area contributed by atoms with Gasteiger partial charge in [-0.1, -0.05) is 76.2 Å². The first-order valence-corrected chi connectivity index (χ1v) is 15.6. The number of hydrogen-bond donors (Lipinski definition) is 1. The maximum atomic E-state index is 14.6. The van der Waals surface area contributed by atoms with Gasteiger partial charge < -0.3 is 14.6 Å².